The molecule has 3 N–H and O–H groups in total. The lowest BCUT2D eigenvalue weighted by Gasteiger charge is -2.23. The molecule has 6 heteroatoms. The van der Waals surface area contributed by atoms with Gasteiger partial charge >= 0.3 is 6.03 Å². The molecule has 0 spiro atoms. The van der Waals surface area contributed by atoms with Gasteiger partial charge in [-0.3, -0.25) is 0 Å². The molecule has 1 aromatic rings. The molecule has 1 saturated heterocycles. The van der Waals surface area contributed by atoms with Crippen molar-refractivity contribution in [3.63, 3.8) is 0 Å². The highest BCUT2D eigenvalue weighted by Gasteiger charge is 2.13. The van der Waals surface area contributed by atoms with E-state index in [2.05, 4.69) is 10.6 Å². The first-order valence-corrected chi connectivity index (χ1v) is 6.46. The number of morpholine rings is 1. The molecule has 0 unspecified atom stereocenters. The molecule has 2 rings (SSSR count). The van der Waals surface area contributed by atoms with Gasteiger partial charge in [0.1, 0.15) is 18.9 Å². The normalized spacial score (nSPS) is 16.1. The van der Waals surface area contributed by atoms with Crippen LogP contribution in [0.25, 0.3) is 0 Å². The van der Waals surface area contributed by atoms with Gasteiger partial charge in [0.05, 0.1) is 32.0 Å². The SMILES string of the molecule is O=C(NCC[NH+]1CCOCC1)Nc1ccccc1F. The molecule has 0 aliphatic carbocycles. The predicted molar refractivity (Wildman–Crippen MR) is 69.8 cm³/mol. The van der Waals surface area contributed by atoms with Gasteiger partial charge < -0.3 is 20.3 Å². The summed E-state index contributed by atoms with van der Waals surface area (Å²) in [7, 11) is 0. The summed E-state index contributed by atoms with van der Waals surface area (Å²) >= 11 is 0. The predicted octanol–water partition coefficient (Wildman–Crippen LogP) is -0.138. The largest absolute Gasteiger partial charge is 0.370 e. The Morgan fingerprint density at radius 3 is 2.79 bits per heavy atom. The summed E-state index contributed by atoms with van der Waals surface area (Å²) in [5.41, 5.74) is 0.193. The van der Waals surface area contributed by atoms with Gasteiger partial charge in [0.25, 0.3) is 0 Å². The van der Waals surface area contributed by atoms with Crippen LogP contribution >= 0.6 is 0 Å². The fourth-order valence-corrected chi connectivity index (χ4v) is 1.99. The van der Waals surface area contributed by atoms with Crippen molar-refractivity contribution < 1.29 is 18.8 Å². The Hall–Kier alpha value is -1.66. The number of halogens is 1. The number of benzene rings is 1. The number of hydrogen-bond acceptors (Lipinski definition) is 2. The standard InChI is InChI=1S/C13H18FN3O2/c14-11-3-1-2-4-12(11)16-13(18)15-5-6-17-7-9-19-10-8-17/h1-4H,5-10H2,(H2,15,16,18)/p+1. The van der Waals surface area contributed by atoms with Crippen molar-refractivity contribution in [1.82, 2.24) is 5.32 Å². The van der Waals surface area contributed by atoms with Gasteiger partial charge in [0.2, 0.25) is 0 Å². The molecule has 0 aromatic heterocycles. The maximum absolute atomic E-state index is 13.3. The lowest BCUT2D eigenvalue weighted by atomic mass is 10.3. The van der Waals surface area contributed by atoms with E-state index in [9.17, 15) is 9.18 Å². The third-order valence-electron chi connectivity index (χ3n) is 3.09. The van der Waals surface area contributed by atoms with Gasteiger partial charge in [0, 0.05) is 0 Å². The van der Waals surface area contributed by atoms with E-state index in [1.807, 2.05) is 0 Å². The van der Waals surface area contributed by atoms with Gasteiger partial charge in [-0.1, -0.05) is 12.1 Å². The monoisotopic (exact) mass is 268 g/mol. The number of urea groups is 1. The highest BCUT2D eigenvalue weighted by molar-refractivity contribution is 5.89. The van der Waals surface area contributed by atoms with E-state index in [0.29, 0.717) is 6.54 Å². The zero-order chi connectivity index (χ0) is 13.5. The molecule has 1 fully saturated rings. The number of ether oxygens (including phenoxy) is 1. The molecule has 0 radical (unpaired) electrons. The number of quaternary nitrogens is 1. The second-order valence-electron chi connectivity index (χ2n) is 4.47. The second kappa shape index (κ2) is 7.06. The number of hydrogen-bond donors (Lipinski definition) is 3. The van der Waals surface area contributed by atoms with Crippen molar-refractivity contribution in [2.45, 2.75) is 0 Å². The smallest absolute Gasteiger partial charge is 0.319 e. The van der Waals surface area contributed by atoms with E-state index in [1.54, 1.807) is 12.1 Å². The third kappa shape index (κ3) is 4.50. The molecule has 1 aliphatic rings. The van der Waals surface area contributed by atoms with Crippen LogP contribution in [0, 0.1) is 5.82 Å². The number of para-hydroxylation sites is 1. The second-order valence-corrected chi connectivity index (χ2v) is 4.47. The van der Waals surface area contributed by atoms with Crippen LogP contribution in [-0.2, 0) is 4.74 Å². The molecule has 0 bridgehead atoms. The number of anilines is 1. The zero-order valence-electron chi connectivity index (χ0n) is 10.7. The van der Waals surface area contributed by atoms with Crippen molar-refractivity contribution >= 4 is 11.7 Å². The van der Waals surface area contributed by atoms with Crippen molar-refractivity contribution in [2.75, 3.05) is 44.7 Å². The molecule has 0 saturated carbocycles. The summed E-state index contributed by atoms with van der Waals surface area (Å²) in [6.45, 7) is 4.91. The minimum atomic E-state index is -0.434. The molecular weight excluding hydrogens is 249 g/mol. The van der Waals surface area contributed by atoms with Gasteiger partial charge in [-0.15, -0.1) is 0 Å². The first-order valence-electron chi connectivity index (χ1n) is 6.46. The summed E-state index contributed by atoms with van der Waals surface area (Å²) in [5.74, 6) is -0.434. The number of rotatable bonds is 4. The number of amides is 2. The number of carbonyl (C=O) groups is 1. The lowest BCUT2D eigenvalue weighted by molar-refractivity contribution is -0.906. The van der Waals surface area contributed by atoms with Crippen molar-refractivity contribution in [1.29, 1.82) is 0 Å². The number of nitrogens with one attached hydrogen (secondary N) is 3. The highest BCUT2D eigenvalue weighted by atomic mass is 19.1. The Morgan fingerprint density at radius 2 is 2.05 bits per heavy atom. The van der Waals surface area contributed by atoms with Crippen LogP contribution < -0.4 is 15.5 Å². The van der Waals surface area contributed by atoms with Gasteiger partial charge in [-0.25, -0.2) is 9.18 Å². The minimum Gasteiger partial charge on any atom is -0.370 e. The van der Waals surface area contributed by atoms with Gasteiger partial charge in [-0.05, 0) is 12.1 Å². The Bertz CT molecular complexity index is 422. The summed E-state index contributed by atoms with van der Waals surface area (Å²) in [6, 6.07) is 5.73. The average Bonchev–Trinajstić information content (AvgIpc) is 2.43. The summed E-state index contributed by atoms with van der Waals surface area (Å²) in [5, 5.41) is 5.22. The van der Waals surface area contributed by atoms with Crippen LogP contribution in [0.15, 0.2) is 24.3 Å². The molecule has 0 atom stereocenters. The first kappa shape index (κ1) is 13.8. The molecule has 1 heterocycles. The van der Waals surface area contributed by atoms with Gasteiger partial charge in [0.15, 0.2) is 0 Å². The first-order chi connectivity index (χ1) is 9.25. The van der Waals surface area contributed by atoms with Crippen molar-refractivity contribution in [2.24, 2.45) is 0 Å². The Labute approximate surface area is 111 Å². The van der Waals surface area contributed by atoms with Gasteiger partial charge in [-0.2, -0.15) is 0 Å². The van der Waals surface area contributed by atoms with Crippen LogP contribution in [-0.4, -0.2) is 45.4 Å². The highest BCUT2D eigenvalue weighted by Crippen LogP contribution is 2.11. The molecule has 19 heavy (non-hydrogen) atoms. The molecule has 1 aliphatic heterocycles. The zero-order valence-corrected chi connectivity index (χ0v) is 10.7. The van der Waals surface area contributed by atoms with Crippen LogP contribution in [0.4, 0.5) is 14.9 Å². The average molecular weight is 268 g/mol. The Kier molecular flexibility index (Phi) is 5.11. The van der Waals surface area contributed by atoms with E-state index in [0.717, 1.165) is 32.8 Å². The molecule has 1 aromatic carbocycles. The summed E-state index contributed by atoms with van der Waals surface area (Å²) < 4.78 is 18.6. The minimum absolute atomic E-state index is 0.193. The van der Waals surface area contributed by atoms with E-state index in [1.165, 1.54) is 17.0 Å². The molecule has 5 nitrogen and oxygen atoms in total. The number of carbonyl (C=O) groups excluding carboxylic acids is 1. The van der Waals surface area contributed by atoms with Crippen LogP contribution in [0.1, 0.15) is 0 Å². The maximum atomic E-state index is 13.3. The van der Waals surface area contributed by atoms with E-state index >= 15 is 0 Å². The quantitative estimate of drug-likeness (QED) is 0.712. The van der Waals surface area contributed by atoms with E-state index in [4.69, 9.17) is 4.74 Å². The van der Waals surface area contributed by atoms with Crippen LogP contribution in [0.5, 0.6) is 0 Å². The maximum Gasteiger partial charge on any atom is 0.319 e. The van der Waals surface area contributed by atoms with Crippen molar-refractivity contribution in [3.05, 3.63) is 30.1 Å². The summed E-state index contributed by atoms with van der Waals surface area (Å²) in [6.07, 6.45) is 0. The van der Waals surface area contributed by atoms with E-state index < -0.39 is 5.82 Å². The fourth-order valence-electron chi connectivity index (χ4n) is 1.99. The fraction of sp³-hybridized carbons (Fsp3) is 0.462. The molecule has 104 valence electrons. The molecule has 2 amide bonds. The van der Waals surface area contributed by atoms with Crippen LogP contribution in [0.3, 0.4) is 0 Å². The third-order valence-corrected chi connectivity index (χ3v) is 3.09. The Balaban J connectivity index is 1.68. The topological polar surface area (TPSA) is 54.8 Å². The lowest BCUT2D eigenvalue weighted by Crippen LogP contribution is -3.14. The molecular formula is C13H19FN3O2+. The van der Waals surface area contributed by atoms with E-state index in [-0.39, 0.29) is 11.7 Å². The summed E-state index contributed by atoms with van der Waals surface area (Å²) in [4.78, 5) is 13.0. The Morgan fingerprint density at radius 1 is 1.32 bits per heavy atom. The van der Waals surface area contributed by atoms with Crippen molar-refractivity contribution in [3.8, 4) is 0 Å². The van der Waals surface area contributed by atoms with Crippen LogP contribution in [0.2, 0.25) is 0 Å².